The van der Waals surface area contributed by atoms with E-state index in [1.165, 1.54) is 0 Å². The monoisotopic (exact) mass is 252 g/mol. The van der Waals surface area contributed by atoms with E-state index in [1.807, 2.05) is 32.0 Å². The predicted octanol–water partition coefficient (Wildman–Crippen LogP) is 1.23. The topological polar surface area (TPSA) is 75.8 Å². The Bertz CT molecular complexity index is 419. The van der Waals surface area contributed by atoms with Crippen molar-refractivity contribution >= 4 is 5.97 Å². The molecule has 0 saturated carbocycles. The normalized spacial score (nSPS) is 12.5. The van der Waals surface area contributed by atoms with Crippen molar-refractivity contribution in [2.45, 2.75) is 19.5 Å². The highest BCUT2D eigenvalue weighted by molar-refractivity contribution is 5.76. The number of hydrogen-bond acceptors (Lipinski definition) is 4. The molecule has 0 bridgehead atoms. The molecule has 0 aliphatic heterocycles. The predicted molar refractivity (Wildman–Crippen MR) is 69.6 cm³/mol. The average Bonchev–Trinajstić information content (AvgIpc) is 2.29. The van der Waals surface area contributed by atoms with E-state index in [1.54, 1.807) is 12.1 Å². The summed E-state index contributed by atoms with van der Waals surface area (Å²) in [4.78, 5) is 13.0. The van der Waals surface area contributed by atoms with Crippen LogP contribution >= 0.6 is 0 Å². The minimum Gasteiger partial charge on any atom is -0.494 e. The summed E-state index contributed by atoms with van der Waals surface area (Å²) in [6.45, 7) is 3.06. The van der Waals surface area contributed by atoms with Gasteiger partial charge in [-0.05, 0) is 38.7 Å². The summed E-state index contributed by atoms with van der Waals surface area (Å²) < 4.78 is 5.41. The van der Waals surface area contributed by atoms with Gasteiger partial charge in [0.15, 0.2) is 0 Å². The van der Waals surface area contributed by atoms with Crippen LogP contribution in [-0.4, -0.2) is 36.7 Å². The SMILES string of the molecule is CCOc1ccc(CN(C)C)cc1[C@H](N)C(=O)O. The smallest absolute Gasteiger partial charge is 0.325 e. The Labute approximate surface area is 107 Å². The van der Waals surface area contributed by atoms with Crippen LogP contribution in [-0.2, 0) is 11.3 Å². The third kappa shape index (κ3) is 3.72. The summed E-state index contributed by atoms with van der Waals surface area (Å²) >= 11 is 0. The number of rotatable bonds is 6. The molecule has 1 aromatic rings. The van der Waals surface area contributed by atoms with Crippen molar-refractivity contribution in [1.82, 2.24) is 4.90 Å². The first kappa shape index (κ1) is 14.5. The van der Waals surface area contributed by atoms with Crippen molar-refractivity contribution in [2.24, 2.45) is 5.73 Å². The van der Waals surface area contributed by atoms with Gasteiger partial charge >= 0.3 is 5.97 Å². The van der Waals surface area contributed by atoms with Gasteiger partial charge in [0.25, 0.3) is 0 Å². The number of carboxylic acids is 1. The number of hydrogen-bond donors (Lipinski definition) is 2. The zero-order valence-electron chi connectivity index (χ0n) is 11.0. The lowest BCUT2D eigenvalue weighted by molar-refractivity contribution is -0.138. The van der Waals surface area contributed by atoms with Gasteiger partial charge in [-0.3, -0.25) is 4.79 Å². The molecule has 0 aromatic heterocycles. The van der Waals surface area contributed by atoms with Crippen LogP contribution < -0.4 is 10.5 Å². The van der Waals surface area contributed by atoms with E-state index in [9.17, 15) is 4.79 Å². The van der Waals surface area contributed by atoms with E-state index in [0.29, 0.717) is 17.9 Å². The van der Waals surface area contributed by atoms with Crippen LogP contribution in [0.3, 0.4) is 0 Å². The third-order valence-electron chi connectivity index (χ3n) is 2.47. The van der Waals surface area contributed by atoms with Crippen LogP contribution in [0.15, 0.2) is 18.2 Å². The van der Waals surface area contributed by atoms with E-state index < -0.39 is 12.0 Å². The molecule has 3 N–H and O–H groups in total. The van der Waals surface area contributed by atoms with E-state index in [0.717, 1.165) is 12.1 Å². The van der Waals surface area contributed by atoms with E-state index in [-0.39, 0.29) is 0 Å². The van der Waals surface area contributed by atoms with Crippen LogP contribution in [0.25, 0.3) is 0 Å². The number of carbonyl (C=O) groups is 1. The summed E-state index contributed by atoms with van der Waals surface area (Å²) in [5, 5.41) is 9.01. The average molecular weight is 252 g/mol. The second kappa shape index (κ2) is 6.37. The molecule has 5 heteroatoms. The lowest BCUT2D eigenvalue weighted by Gasteiger charge is -2.16. The molecule has 0 aliphatic rings. The highest BCUT2D eigenvalue weighted by Crippen LogP contribution is 2.26. The van der Waals surface area contributed by atoms with Crippen LogP contribution in [0.4, 0.5) is 0 Å². The maximum absolute atomic E-state index is 11.0. The molecule has 18 heavy (non-hydrogen) atoms. The molecule has 0 aliphatic carbocycles. The van der Waals surface area contributed by atoms with Crippen molar-refractivity contribution in [1.29, 1.82) is 0 Å². The van der Waals surface area contributed by atoms with Crippen LogP contribution in [0.1, 0.15) is 24.1 Å². The minimum absolute atomic E-state index is 0.479. The lowest BCUT2D eigenvalue weighted by Crippen LogP contribution is -2.22. The van der Waals surface area contributed by atoms with Gasteiger partial charge in [0.1, 0.15) is 11.8 Å². The molecule has 0 spiro atoms. The number of nitrogens with zero attached hydrogens (tertiary/aromatic N) is 1. The Morgan fingerprint density at radius 1 is 1.50 bits per heavy atom. The molecule has 0 saturated heterocycles. The van der Waals surface area contributed by atoms with Gasteiger partial charge in [0.2, 0.25) is 0 Å². The quantitative estimate of drug-likeness (QED) is 0.796. The molecular weight excluding hydrogens is 232 g/mol. The van der Waals surface area contributed by atoms with Gasteiger partial charge in [-0.15, -0.1) is 0 Å². The first-order valence-electron chi connectivity index (χ1n) is 5.84. The molecule has 0 heterocycles. The van der Waals surface area contributed by atoms with Crippen molar-refractivity contribution in [3.05, 3.63) is 29.3 Å². The van der Waals surface area contributed by atoms with Crippen LogP contribution in [0, 0.1) is 0 Å². The lowest BCUT2D eigenvalue weighted by atomic mass is 10.0. The zero-order valence-corrected chi connectivity index (χ0v) is 11.0. The summed E-state index contributed by atoms with van der Waals surface area (Å²) in [5.74, 6) is -0.520. The second-order valence-corrected chi connectivity index (χ2v) is 4.36. The maximum Gasteiger partial charge on any atom is 0.325 e. The van der Waals surface area contributed by atoms with Gasteiger partial charge in [-0.2, -0.15) is 0 Å². The molecule has 5 nitrogen and oxygen atoms in total. The number of benzene rings is 1. The van der Waals surface area contributed by atoms with Gasteiger partial charge in [0.05, 0.1) is 6.61 Å². The molecule has 0 unspecified atom stereocenters. The first-order chi connectivity index (χ1) is 8.45. The third-order valence-corrected chi connectivity index (χ3v) is 2.47. The van der Waals surface area contributed by atoms with Crippen molar-refractivity contribution in [2.75, 3.05) is 20.7 Å². The maximum atomic E-state index is 11.0. The van der Waals surface area contributed by atoms with E-state index in [4.69, 9.17) is 15.6 Å². The first-order valence-corrected chi connectivity index (χ1v) is 5.84. The van der Waals surface area contributed by atoms with Crippen LogP contribution in [0.5, 0.6) is 5.75 Å². The molecule has 1 aromatic carbocycles. The largest absolute Gasteiger partial charge is 0.494 e. The van der Waals surface area contributed by atoms with Crippen molar-refractivity contribution in [3.8, 4) is 5.75 Å². The molecule has 0 amide bonds. The Balaban J connectivity index is 3.10. The van der Waals surface area contributed by atoms with Gasteiger partial charge in [-0.1, -0.05) is 6.07 Å². The number of ether oxygens (including phenoxy) is 1. The molecule has 100 valence electrons. The summed E-state index contributed by atoms with van der Waals surface area (Å²) in [7, 11) is 3.90. The standard InChI is InChI=1S/C13H20N2O3/c1-4-18-11-6-5-9(8-15(2)3)7-10(11)12(14)13(16)17/h5-7,12H,4,8,14H2,1-3H3,(H,16,17)/t12-/m0/s1. The highest BCUT2D eigenvalue weighted by atomic mass is 16.5. The Hall–Kier alpha value is -1.59. The Morgan fingerprint density at radius 3 is 2.67 bits per heavy atom. The van der Waals surface area contributed by atoms with E-state index >= 15 is 0 Å². The summed E-state index contributed by atoms with van der Waals surface area (Å²) in [5.41, 5.74) is 7.20. The number of nitrogens with two attached hydrogens (primary N) is 1. The molecule has 0 fully saturated rings. The van der Waals surface area contributed by atoms with Gasteiger partial charge < -0.3 is 20.5 Å². The van der Waals surface area contributed by atoms with Gasteiger partial charge in [-0.25, -0.2) is 0 Å². The number of aliphatic carboxylic acids is 1. The minimum atomic E-state index is -1.06. The van der Waals surface area contributed by atoms with E-state index in [2.05, 4.69) is 0 Å². The number of carboxylic acid groups (broad SMARTS) is 1. The summed E-state index contributed by atoms with van der Waals surface area (Å²) in [6.07, 6.45) is 0. The van der Waals surface area contributed by atoms with Gasteiger partial charge in [0, 0.05) is 12.1 Å². The zero-order chi connectivity index (χ0) is 13.7. The van der Waals surface area contributed by atoms with Crippen molar-refractivity contribution < 1.29 is 14.6 Å². The Morgan fingerprint density at radius 2 is 2.17 bits per heavy atom. The fourth-order valence-corrected chi connectivity index (χ4v) is 1.72. The fourth-order valence-electron chi connectivity index (χ4n) is 1.72. The Kier molecular flexibility index (Phi) is 5.12. The second-order valence-electron chi connectivity index (χ2n) is 4.36. The highest BCUT2D eigenvalue weighted by Gasteiger charge is 2.19. The fraction of sp³-hybridized carbons (Fsp3) is 0.462. The van der Waals surface area contributed by atoms with Crippen LogP contribution in [0.2, 0.25) is 0 Å². The molecule has 1 rings (SSSR count). The molecule has 1 atom stereocenters. The van der Waals surface area contributed by atoms with Crippen molar-refractivity contribution in [3.63, 3.8) is 0 Å². The molecular formula is C13H20N2O3. The molecule has 0 radical (unpaired) electrons. The summed E-state index contributed by atoms with van der Waals surface area (Å²) in [6, 6.07) is 4.43.